The fourth-order valence-corrected chi connectivity index (χ4v) is 3.72. The van der Waals surface area contributed by atoms with Gasteiger partial charge in [-0.05, 0) is 32.1 Å². The highest BCUT2D eigenvalue weighted by molar-refractivity contribution is 7.94. The van der Waals surface area contributed by atoms with Gasteiger partial charge in [0.15, 0.2) is 9.84 Å². The van der Waals surface area contributed by atoms with Crippen LogP contribution >= 0.6 is 0 Å². The number of nitrogens with zero attached hydrogens (tertiary/aromatic N) is 1. The van der Waals surface area contributed by atoms with Crippen molar-refractivity contribution in [3.05, 3.63) is 18.4 Å². The van der Waals surface area contributed by atoms with E-state index in [9.17, 15) is 13.2 Å². The number of carbonyl (C=O) groups is 1. The zero-order valence-electron chi connectivity index (χ0n) is 10.3. The third-order valence-electron chi connectivity index (χ3n) is 4.13. The molecule has 1 radical (unpaired) electrons. The fourth-order valence-electron chi connectivity index (χ4n) is 3.10. The van der Waals surface area contributed by atoms with Crippen molar-refractivity contribution in [3.63, 3.8) is 0 Å². The quantitative estimate of drug-likeness (QED) is 0.776. The second-order valence-corrected chi connectivity index (χ2v) is 7.11. The van der Waals surface area contributed by atoms with Crippen LogP contribution in [0.5, 0.6) is 0 Å². The standard InChI is InChI=1S/C12H19N2O3S/c1-2-18(16,17)9-8-14-10-4-3-6-12(14,7-5-10)11(13)15/h2-3,10H,1,4-9H2,(H2,13,15)/t10-,12+/m1/s1. The number of primary amides is 1. The molecular weight excluding hydrogens is 252 g/mol. The van der Waals surface area contributed by atoms with Crippen LogP contribution in [-0.2, 0) is 14.6 Å². The lowest BCUT2D eigenvalue weighted by atomic mass is 9.87. The molecule has 6 heteroatoms. The van der Waals surface area contributed by atoms with E-state index in [1.54, 1.807) is 0 Å². The molecule has 18 heavy (non-hydrogen) atoms. The molecule has 2 aliphatic rings. The molecule has 0 aromatic carbocycles. The van der Waals surface area contributed by atoms with Crippen LogP contribution in [0.25, 0.3) is 0 Å². The van der Waals surface area contributed by atoms with E-state index >= 15 is 0 Å². The lowest BCUT2D eigenvalue weighted by Gasteiger charge is -2.42. The average Bonchev–Trinajstić information content (AvgIpc) is 2.54. The molecule has 2 N–H and O–H groups in total. The second kappa shape index (κ2) is 4.66. The van der Waals surface area contributed by atoms with Gasteiger partial charge in [-0.3, -0.25) is 9.69 Å². The number of hydrogen-bond acceptors (Lipinski definition) is 4. The van der Waals surface area contributed by atoms with Crippen LogP contribution in [0, 0.1) is 6.42 Å². The van der Waals surface area contributed by atoms with Crippen LogP contribution in [-0.4, -0.2) is 43.1 Å². The van der Waals surface area contributed by atoms with Crippen molar-refractivity contribution in [2.24, 2.45) is 5.73 Å². The van der Waals surface area contributed by atoms with Gasteiger partial charge >= 0.3 is 0 Å². The molecule has 2 aliphatic heterocycles. The Morgan fingerprint density at radius 2 is 2.33 bits per heavy atom. The maximum atomic E-state index is 11.7. The molecular formula is C12H19N2O3S. The van der Waals surface area contributed by atoms with Gasteiger partial charge in [-0.15, -0.1) is 0 Å². The summed E-state index contributed by atoms with van der Waals surface area (Å²) < 4.78 is 23.0. The van der Waals surface area contributed by atoms with E-state index in [-0.39, 0.29) is 17.7 Å². The van der Waals surface area contributed by atoms with Crippen LogP contribution < -0.4 is 5.73 Å². The number of rotatable bonds is 5. The van der Waals surface area contributed by atoms with Gasteiger partial charge in [0.25, 0.3) is 0 Å². The smallest absolute Gasteiger partial charge is 0.237 e. The maximum Gasteiger partial charge on any atom is 0.237 e. The summed E-state index contributed by atoms with van der Waals surface area (Å²) in [5.41, 5.74) is 4.88. The first-order chi connectivity index (χ1) is 8.41. The van der Waals surface area contributed by atoms with Crippen LogP contribution in [0.3, 0.4) is 0 Å². The highest BCUT2D eigenvalue weighted by atomic mass is 32.2. The van der Waals surface area contributed by atoms with Crippen molar-refractivity contribution >= 4 is 15.7 Å². The summed E-state index contributed by atoms with van der Waals surface area (Å²) >= 11 is 0. The molecule has 2 heterocycles. The van der Waals surface area contributed by atoms with E-state index in [4.69, 9.17) is 5.73 Å². The van der Waals surface area contributed by atoms with Crippen LogP contribution in [0.2, 0.25) is 0 Å². The first kappa shape index (κ1) is 13.5. The molecule has 5 nitrogen and oxygen atoms in total. The van der Waals surface area contributed by atoms with Gasteiger partial charge in [-0.2, -0.15) is 0 Å². The Morgan fingerprint density at radius 3 is 2.94 bits per heavy atom. The summed E-state index contributed by atoms with van der Waals surface area (Å²) in [5.74, 6) is -0.334. The fraction of sp³-hybridized carbons (Fsp3) is 0.667. The van der Waals surface area contributed by atoms with Gasteiger partial charge in [0.05, 0.1) is 5.75 Å². The number of piperidine rings is 1. The largest absolute Gasteiger partial charge is 0.368 e. The van der Waals surface area contributed by atoms with Crippen LogP contribution in [0.1, 0.15) is 25.7 Å². The molecule has 2 atom stereocenters. The summed E-state index contributed by atoms with van der Waals surface area (Å²) in [6.07, 6.45) is 5.28. The first-order valence-electron chi connectivity index (χ1n) is 6.15. The lowest BCUT2D eigenvalue weighted by Crippen LogP contribution is -2.59. The Morgan fingerprint density at radius 1 is 1.61 bits per heavy atom. The molecule has 0 aromatic heterocycles. The van der Waals surface area contributed by atoms with E-state index in [2.05, 4.69) is 13.0 Å². The number of sulfone groups is 1. The van der Waals surface area contributed by atoms with E-state index in [0.717, 1.165) is 24.7 Å². The summed E-state index contributed by atoms with van der Waals surface area (Å²) in [4.78, 5) is 13.7. The molecule has 2 bridgehead atoms. The highest BCUT2D eigenvalue weighted by Gasteiger charge is 2.52. The minimum absolute atomic E-state index is 0.00201. The minimum atomic E-state index is -3.23. The number of fused-ring (bicyclic) bond motifs is 2. The first-order valence-corrected chi connectivity index (χ1v) is 7.86. The molecule has 1 amide bonds. The van der Waals surface area contributed by atoms with E-state index in [0.29, 0.717) is 13.0 Å². The van der Waals surface area contributed by atoms with Crippen molar-refractivity contribution in [1.29, 1.82) is 0 Å². The minimum Gasteiger partial charge on any atom is -0.368 e. The third kappa shape index (κ3) is 2.19. The molecule has 101 valence electrons. The number of amides is 1. The van der Waals surface area contributed by atoms with Crippen molar-refractivity contribution in [2.45, 2.75) is 37.3 Å². The summed E-state index contributed by atoms with van der Waals surface area (Å²) in [7, 11) is -3.23. The molecule has 2 fully saturated rings. The van der Waals surface area contributed by atoms with Gasteiger partial charge in [0, 0.05) is 18.0 Å². The highest BCUT2D eigenvalue weighted by Crippen LogP contribution is 2.43. The van der Waals surface area contributed by atoms with Crippen molar-refractivity contribution in [2.75, 3.05) is 12.3 Å². The van der Waals surface area contributed by atoms with E-state index < -0.39 is 15.4 Å². The lowest BCUT2D eigenvalue weighted by molar-refractivity contribution is -0.130. The summed E-state index contributed by atoms with van der Waals surface area (Å²) in [6.45, 7) is 3.65. The number of nitrogens with two attached hydrogens (primary N) is 1. The SMILES string of the molecule is C=CS(=O)(=O)CCN1[C@@H]2C[CH]C[C@@]1(C(N)=O)CC2. The molecule has 2 saturated heterocycles. The average molecular weight is 271 g/mol. The summed E-state index contributed by atoms with van der Waals surface area (Å²) in [5, 5.41) is 0.974. The maximum absolute atomic E-state index is 11.7. The van der Waals surface area contributed by atoms with Crippen LogP contribution in [0.15, 0.2) is 12.0 Å². The van der Waals surface area contributed by atoms with Crippen molar-refractivity contribution in [3.8, 4) is 0 Å². The molecule has 0 aromatic rings. The number of carbonyl (C=O) groups excluding carboxylic acids is 1. The van der Waals surface area contributed by atoms with Crippen molar-refractivity contribution < 1.29 is 13.2 Å². The zero-order valence-corrected chi connectivity index (χ0v) is 11.2. The monoisotopic (exact) mass is 271 g/mol. The second-order valence-electron chi connectivity index (χ2n) is 5.04. The van der Waals surface area contributed by atoms with Crippen molar-refractivity contribution in [1.82, 2.24) is 4.90 Å². The predicted molar refractivity (Wildman–Crippen MR) is 69.2 cm³/mol. The van der Waals surface area contributed by atoms with Gasteiger partial charge in [0.2, 0.25) is 5.91 Å². The van der Waals surface area contributed by atoms with Gasteiger partial charge in [-0.1, -0.05) is 6.58 Å². The van der Waals surface area contributed by atoms with E-state index in [1.807, 2.05) is 4.90 Å². The summed E-state index contributed by atoms with van der Waals surface area (Å²) in [6, 6.07) is 0.256. The van der Waals surface area contributed by atoms with Gasteiger partial charge in [0.1, 0.15) is 5.54 Å². The van der Waals surface area contributed by atoms with Gasteiger partial charge in [-0.25, -0.2) is 8.42 Å². The molecule has 0 spiro atoms. The predicted octanol–water partition coefficient (Wildman–Crippen LogP) is 0.231. The number of hydrogen-bond donors (Lipinski definition) is 1. The molecule has 0 aliphatic carbocycles. The Hall–Kier alpha value is -0.880. The normalized spacial score (nSPS) is 32.3. The Labute approximate surface area is 108 Å². The topological polar surface area (TPSA) is 80.5 Å². The zero-order chi connectivity index (χ0) is 13.4. The Kier molecular flexibility index (Phi) is 3.51. The van der Waals surface area contributed by atoms with Crippen LogP contribution in [0.4, 0.5) is 0 Å². The van der Waals surface area contributed by atoms with Gasteiger partial charge < -0.3 is 5.73 Å². The molecule has 0 unspecified atom stereocenters. The Bertz CT molecular complexity index is 456. The molecule has 0 saturated carbocycles. The molecule has 2 rings (SSSR count). The van der Waals surface area contributed by atoms with E-state index in [1.165, 1.54) is 0 Å². The Balaban J connectivity index is 2.15. The third-order valence-corrected chi connectivity index (χ3v) is 5.39.